The second-order valence-corrected chi connectivity index (χ2v) is 8.20. The molecule has 2 aromatic carbocycles. The van der Waals surface area contributed by atoms with Gasteiger partial charge >= 0.3 is 0 Å². The number of carbonyl (C=O) groups is 1. The molecule has 0 radical (unpaired) electrons. The van der Waals surface area contributed by atoms with Crippen molar-refractivity contribution in [2.24, 2.45) is 0 Å². The summed E-state index contributed by atoms with van der Waals surface area (Å²) in [5.74, 6) is 0.546. The number of aryl methyl sites for hydroxylation is 1. The molecule has 6 heteroatoms. The van der Waals surface area contributed by atoms with Crippen LogP contribution < -0.4 is 10.2 Å². The van der Waals surface area contributed by atoms with Gasteiger partial charge in [0, 0.05) is 13.7 Å². The van der Waals surface area contributed by atoms with E-state index >= 15 is 0 Å². The second-order valence-electron chi connectivity index (χ2n) is 8.20. The normalized spacial score (nSPS) is 15.4. The molecule has 168 valence electrons. The standard InChI is InChI=1S/C26H29NO5/c1-4-5-6-13-31-19-9-7-8-18(16-19)23-22-24(28)20-15-17(2)10-11-21(20)32-25(22)26(29)27(23)12-14-30-3/h7-11,15-16,23H,4-6,12-14H2,1-3H3. The number of hydrogen-bond acceptors (Lipinski definition) is 5. The number of methoxy groups -OCH3 is 1. The summed E-state index contributed by atoms with van der Waals surface area (Å²) in [5, 5.41) is 0.488. The summed E-state index contributed by atoms with van der Waals surface area (Å²) < 4.78 is 17.1. The summed E-state index contributed by atoms with van der Waals surface area (Å²) in [6, 6.07) is 12.5. The molecule has 32 heavy (non-hydrogen) atoms. The number of fused-ring (bicyclic) bond motifs is 2. The first kappa shape index (κ1) is 22.1. The molecule has 1 aliphatic heterocycles. The summed E-state index contributed by atoms with van der Waals surface area (Å²) in [5.41, 5.74) is 2.42. The minimum absolute atomic E-state index is 0.113. The Kier molecular flexibility index (Phi) is 6.61. The lowest BCUT2D eigenvalue weighted by atomic mass is 9.98. The zero-order valence-electron chi connectivity index (χ0n) is 18.8. The van der Waals surface area contributed by atoms with Crippen LogP contribution in [0.2, 0.25) is 0 Å². The van der Waals surface area contributed by atoms with Crippen molar-refractivity contribution in [3.05, 3.63) is 75.1 Å². The van der Waals surface area contributed by atoms with Crippen LogP contribution in [-0.4, -0.2) is 37.7 Å². The Morgan fingerprint density at radius 1 is 1.06 bits per heavy atom. The topological polar surface area (TPSA) is 69.0 Å². The van der Waals surface area contributed by atoms with Crippen molar-refractivity contribution >= 4 is 16.9 Å². The summed E-state index contributed by atoms with van der Waals surface area (Å²) >= 11 is 0. The summed E-state index contributed by atoms with van der Waals surface area (Å²) in [7, 11) is 1.59. The van der Waals surface area contributed by atoms with Crippen LogP contribution in [0.1, 0.15) is 59.5 Å². The van der Waals surface area contributed by atoms with E-state index in [9.17, 15) is 9.59 Å². The van der Waals surface area contributed by atoms with Crippen molar-refractivity contribution in [3.8, 4) is 5.75 Å². The molecule has 0 spiro atoms. The van der Waals surface area contributed by atoms with Gasteiger partial charge in [-0.25, -0.2) is 0 Å². The van der Waals surface area contributed by atoms with E-state index in [4.69, 9.17) is 13.9 Å². The molecule has 0 bridgehead atoms. The number of nitrogens with zero attached hydrogens (tertiary/aromatic N) is 1. The van der Waals surface area contributed by atoms with Gasteiger partial charge in [0.25, 0.3) is 5.91 Å². The van der Waals surface area contributed by atoms with Crippen LogP contribution in [0.15, 0.2) is 51.7 Å². The van der Waals surface area contributed by atoms with Crippen LogP contribution in [0.3, 0.4) is 0 Å². The van der Waals surface area contributed by atoms with E-state index in [1.807, 2.05) is 43.3 Å². The number of unbranched alkanes of at least 4 members (excludes halogenated alkanes) is 2. The second kappa shape index (κ2) is 9.57. The number of amides is 1. The van der Waals surface area contributed by atoms with E-state index in [-0.39, 0.29) is 17.1 Å². The first-order valence-electron chi connectivity index (χ1n) is 11.1. The Morgan fingerprint density at radius 3 is 2.69 bits per heavy atom. The Balaban J connectivity index is 1.80. The van der Waals surface area contributed by atoms with Crippen molar-refractivity contribution in [1.82, 2.24) is 4.90 Å². The molecule has 4 rings (SSSR count). The van der Waals surface area contributed by atoms with E-state index in [2.05, 4.69) is 6.92 Å². The van der Waals surface area contributed by atoms with Gasteiger partial charge in [0.2, 0.25) is 5.76 Å². The smallest absolute Gasteiger partial charge is 0.290 e. The summed E-state index contributed by atoms with van der Waals surface area (Å²) in [6.07, 6.45) is 3.23. The molecular weight excluding hydrogens is 406 g/mol. The molecule has 6 nitrogen and oxygen atoms in total. The Labute approximate surface area is 187 Å². The lowest BCUT2D eigenvalue weighted by molar-refractivity contribution is 0.0663. The first-order chi connectivity index (χ1) is 15.5. The zero-order chi connectivity index (χ0) is 22.7. The Bertz CT molecular complexity index is 1180. The molecular formula is C26H29NO5. The van der Waals surface area contributed by atoms with Gasteiger partial charge in [-0.1, -0.05) is 43.5 Å². The highest BCUT2D eigenvalue weighted by molar-refractivity contribution is 5.99. The van der Waals surface area contributed by atoms with Crippen LogP contribution in [0, 0.1) is 6.92 Å². The van der Waals surface area contributed by atoms with Crippen LogP contribution in [0.5, 0.6) is 5.75 Å². The minimum Gasteiger partial charge on any atom is -0.494 e. The van der Waals surface area contributed by atoms with Crippen molar-refractivity contribution in [2.75, 3.05) is 26.9 Å². The number of ether oxygens (including phenoxy) is 2. The SMILES string of the molecule is CCCCCOc1cccc(C2c3c(oc4ccc(C)cc4c3=O)C(=O)N2CCOC)c1. The maximum absolute atomic E-state index is 13.5. The van der Waals surface area contributed by atoms with Crippen LogP contribution >= 0.6 is 0 Å². The van der Waals surface area contributed by atoms with Crippen molar-refractivity contribution in [2.45, 2.75) is 39.2 Å². The molecule has 0 saturated heterocycles. The molecule has 0 saturated carbocycles. The Hall–Kier alpha value is -3.12. The molecule has 1 atom stereocenters. The van der Waals surface area contributed by atoms with Gasteiger partial charge in [-0.05, 0) is 43.2 Å². The third-order valence-corrected chi connectivity index (χ3v) is 5.85. The van der Waals surface area contributed by atoms with Crippen LogP contribution in [0.25, 0.3) is 11.0 Å². The fraction of sp³-hybridized carbons (Fsp3) is 0.385. The zero-order valence-corrected chi connectivity index (χ0v) is 18.8. The molecule has 0 aliphatic carbocycles. The van der Waals surface area contributed by atoms with Gasteiger partial charge in [0.15, 0.2) is 5.43 Å². The van der Waals surface area contributed by atoms with Gasteiger partial charge in [-0.3, -0.25) is 9.59 Å². The third kappa shape index (κ3) is 4.15. The van der Waals surface area contributed by atoms with Crippen LogP contribution in [0.4, 0.5) is 0 Å². The van der Waals surface area contributed by atoms with E-state index in [0.29, 0.717) is 36.3 Å². The van der Waals surface area contributed by atoms with Crippen LogP contribution in [-0.2, 0) is 4.74 Å². The molecule has 1 unspecified atom stereocenters. The number of rotatable bonds is 9. The van der Waals surface area contributed by atoms with Gasteiger partial charge in [0.05, 0.1) is 30.2 Å². The average molecular weight is 436 g/mol. The fourth-order valence-electron chi connectivity index (χ4n) is 4.22. The average Bonchev–Trinajstić information content (AvgIpc) is 3.08. The van der Waals surface area contributed by atoms with Gasteiger partial charge in [-0.15, -0.1) is 0 Å². The summed E-state index contributed by atoms with van der Waals surface area (Å²) in [6.45, 7) is 5.42. The lowest BCUT2D eigenvalue weighted by Crippen LogP contribution is -2.32. The molecule has 2 heterocycles. The van der Waals surface area contributed by atoms with E-state index < -0.39 is 6.04 Å². The van der Waals surface area contributed by atoms with Gasteiger partial charge in [0.1, 0.15) is 11.3 Å². The number of hydrogen-bond donors (Lipinski definition) is 0. The highest BCUT2D eigenvalue weighted by Crippen LogP contribution is 2.39. The predicted molar refractivity (Wildman–Crippen MR) is 123 cm³/mol. The molecule has 0 fully saturated rings. The Morgan fingerprint density at radius 2 is 1.91 bits per heavy atom. The van der Waals surface area contributed by atoms with Crippen molar-refractivity contribution < 1.29 is 18.7 Å². The molecule has 3 aromatic rings. The van der Waals surface area contributed by atoms with E-state index in [0.717, 1.165) is 36.1 Å². The monoisotopic (exact) mass is 435 g/mol. The summed E-state index contributed by atoms with van der Waals surface area (Å²) in [4.78, 5) is 28.5. The largest absolute Gasteiger partial charge is 0.494 e. The first-order valence-corrected chi connectivity index (χ1v) is 11.1. The van der Waals surface area contributed by atoms with E-state index in [1.54, 1.807) is 18.1 Å². The van der Waals surface area contributed by atoms with Gasteiger partial charge < -0.3 is 18.8 Å². The molecule has 1 amide bonds. The van der Waals surface area contributed by atoms with Crippen molar-refractivity contribution in [3.63, 3.8) is 0 Å². The maximum atomic E-state index is 13.5. The molecule has 1 aromatic heterocycles. The van der Waals surface area contributed by atoms with Gasteiger partial charge in [-0.2, -0.15) is 0 Å². The number of carbonyl (C=O) groups excluding carboxylic acids is 1. The molecule has 1 aliphatic rings. The lowest BCUT2D eigenvalue weighted by Gasteiger charge is -2.25. The molecule has 0 N–H and O–H groups in total. The third-order valence-electron chi connectivity index (χ3n) is 5.85. The quantitative estimate of drug-likeness (QED) is 0.449. The van der Waals surface area contributed by atoms with Crippen molar-refractivity contribution in [1.29, 1.82) is 0 Å². The number of benzene rings is 2. The fourth-order valence-corrected chi connectivity index (χ4v) is 4.22. The highest BCUT2D eigenvalue weighted by Gasteiger charge is 2.42. The minimum atomic E-state index is -0.548. The predicted octanol–water partition coefficient (Wildman–Crippen LogP) is 4.86. The highest BCUT2D eigenvalue weighted by atomic mass is 16.5. The van der Waals surface area contributed by atoms with E-state index in [1.165, 1.54) is 0 Å². The maximum Gasteiger partial charge on any atom is 0.290 e.